The Hall–Kier alpha value is -1.23. The van der Waals surface area contributed by atoms with Gasteiger partial charge in [-0.05, 0) is 33.7 Å². The van der Waals surface area contributed by atoms with E-state index in [0.29, 0.717) is 19.7 Å². The normalized spacial score (nSPS) is 10.8. The molecule has 2 N–H and O–H groups in total. The van der Waals surface area contributed by atoms with Gasteiger partial charge in [-0.3, -0.25) is 0 Å². The number of amides is 1. The van der Waals surface area contributed by atoms with Crippen LogP contribution in [0.3, 0.4) is 0 Å². The largest absolute Gasteiger partial charge is 0.502 e. The van der Waals surface area contributed by atoms with E-state index in [-0.39, 0.29) is 6.09 Å². The van der Waals surface area contributed by atoms with Gasteiger partial charge in [-0.1, -0.05) is 6.58 Å². The second-order valence-corrected chi connectivity index (χ2v) is 4.57. The summed E-state index contributed by atoms with van der Waals surface area (Å²) in [7, 11) is 0. The van der Waals surface area contributed by atoms with Crippen molar-refractivity contribution < 1.29 is 14.3 Å². The van der Waals surface area contributed by atoms with E-state index >= 15 is 0 Å². The molecule has 0 saturated carbocycles. The quantitative estimate of drug-likeness (QED) is 0.503. The van der Waals surface area contributed by atoms with Gasteiger partial charge in [0.05, 0.1) is 12.9 Å². The van der Waals surface area contributed by atoms with Crippen LogP contribution in [0.25, 0.3) is 0 Å². The second kappa shape index (κ2) is 8.87. The Morgan fingerprint density at radius 2 is 2.00 bits per heavy atom. The molecule has 0 aliphatic rings. The molecule has 17 heavy (non-hydrogen) atoms. The maximum absolute atomic E-state index is 11.2. The van der Waals surface area contributed by atoms with Crippen LogP contribution in [0.2, 0.25) is 0 Å². The smallest absolute Gasteiger partial charge is 0.407 e. The Labute approximate surface area is 104 Å². The molecule has 5 heteroatoms. The van der Waals surface area contributed by atoms with E-state index in [1.54, 1.807) is 0 Å². The Balaban J connectivity index is 3.28. The number of hydrogen-bond acceptors (Lipinski definition) is 4. The highest BCUT2D eigenvalue weighted by Gasteiger charge is 2.15. The van der Waals surface area contributed by atoms with Crippen molar-refractivity contribution in [3.8, 4) is 0 Å². The molecule has 0 aliphatic heterocycles. The lowest BCUT2D eigenvalue weighted by Crippen LogP contribution is -2.36. The van der Waals surface area contributed by atoms with Crippen molar-refractivity contribution in [3.63, 3.8) is 0 Å². The first kappa shape index (κ1) is 15.8. The Bertz CT molecular complexity index is 224. The lowest BCUT2D eigenvalue weighted by atomic mass is 10.2. The summed E-state index contributed by atoms with van der Waals surface area (Å²) >= 11 is 0. The molecule has 0 aromatic rings. The van der Waals surface area contributed by atoms with E-state index < -0.39 is 5.60 Å². The number of rotatable bonds is 8. The molecule has 0 unspecified atom stereocenters. The van der Waals surface area contributed by atoms with Crippen molar-refractivity contribution in [2.75, 3.05) is 26.2 Å². The second-order valence-electron chi connectivity index (χ2n) is 4.57. The van der Waals surface area contributed by atoms with Crippen LogP contribution in [-0.4, -0.2) is 37.9 Å². The summed E-state index contributed by atoms with van der Waals surface area (Å²) in [6.07, 6.45) is 1.97. The highest BCUT2D eigenvalue weighted by molar-refractivity contribution is 5.67. The monoisotopic (exact) mass is 244 g/mol. The average molecular weight is 244 g/mol. The molecular formula is C12H24N2O3. The minimum absolute atomic E-state index is 0.380. The molecular weight excluding hydrogens is 220 g/mol. The molecule has 0 aliphatic carbocycles. The zero-order valence-electron chi connectivity index (χ0n) is 11.0. The first-order chi connectivity index (χ1) is 7.95. The fourth-order valence-electron chi connectivity index (χ4n) is 1.06. The van der Waals surface area contributed by atoms with Gasteiger partial charge < -0.3 is 20.1 Å². The van der Waals surface area contributed by atoms with Gasteiger partial charge in [0, 0.05) is 13.1 Å². The van der Waals surface area contributed by atoms with Gasteiger partial charge >= 0.3 is 6.09 Å². The van der Waals surface area contributed by atoms with E-state index in [2.05, 4.69) is 17.2 Å². The Morgan fingerprint density at radius 1 is 1.29 bits per heavy atom. The molecule has 0 spiro atoms. The topological polar surface area (TPSA) is 59.6 Å². The number of hydrogen-bond donors (Lipinski definition) is 2. The Kier molecular flexibility index (Phi) is 8.23. The molecule has 0 fully saturated rings. The van der Waals surface area contributed by atoms with Gasteiger partial charge in [-0.2, -0.15) is 0 Å². The van der Waals surface area contributed by atoms with E-state index in [1.165, 1.54) is 6.26 Å². The molecule has 0 aromatic heterocycles. The summed E-state index contributed by atoms with van der Waals surface area (Å²) in [5.74, 6) is 0. The predicted octanol–water partition coefficient (Wildman–Crippen LogP) is 1.65. The molecule has 5 nitrogen and oxygen atoms in total. The number of carbonyl (C=O) groups excluding carboxylic acids is 1. The molecule has 1 amide bonds. The first-order valence-electron chi connectivity index (χ1n) is 5.86. The third kappa shape index (κ3) is 12.7. The summed E-state index contributed by atoms with van der Waals surface area (Å²) in [6.45, 7) is 11.7. The van der Waals surface area contributed by atoms with Gasteiger partial charge in [0.25, 0.3) is 0 Å². The third-order valence-electron chi connectivity index (χ3n) is 1.70. The zero-order chi connectivity index (χ0) is 13.1. The summed E-state index contributed by atoms with van der Waals surface area (Å²) in [6, 6.07) is 0. The number of carbonyl (C=O) groups is 1. The van der Waals surface area contributed by atoms with Crippen molar-refractivity contribution in [2.24, 2.45) is 0 Å². The van der Waals surface area contributed by atoms with Crippen LogP contribution in [0.1, 0.15) is 27.2 Å². The van der Waals surface area contributed by atoms with Crippen LogP contribution in [0, 0.1) is 0 Å². The van der Waals surface area contributed by atoms with Crippen LogP contribution >= 0.6 is 0 Å². The number of alkyl carbamates (subject to hydrolysis) is 1. The minimum Gasteiger partial charge on any atom is -0.502 e. The molecule has 0 bridgehead atoms. The number of ether oxygens (including phenoxy) is 2. The van der Waals surface area contributed by atoms with E-state index in [9.17, 15) is 4.79 Å². The van der Waals surface area contributed by atoms with Crippen LogP contribution in [0.5, 0.6) is 0 Å². The summed E-state index contributed by atoms with van der Waals surface area (Å²) < 4.78 is 10.1. The van der Waals surface area contributed by atoms with Gasteiger partial charge in [0.15, 0.2) is 0 Å². The van der Waals surface area contributed by atoms with Crippen molar-refractivity contribution in [2.45, 2.75) is 32.8 Å². The predicted molar refractivity (Wildman–Crippen MR) is 67.9 cm³/mol. The van der Waals surface area contributed by atoms with Crippen LogP contribution in [0.15, 0.2) is 12.8 Å². The number of nitrogens with one attached hydrogen (secondary N) is 2. The summed E-state index contributed by atoms with van der Waals surface area (Å²) in [4.78, 5) is 11.2. The maximum atomic E-state index is 11.2. The molecule has 0 heterocycles. The third-order valence-corrected chi connectivity index (χ3v) is 1.70. The van der Waals surface area contributed by atoms with Crippen molar-refractivity contribution in [1.82, 2.24) is 10.6 Å². The highest BCUT2D eigenvalue weighted by Crippen LogP contribution is 2.05. The molecule has 0 rings (SSSR count). The van der Waals surface area contributed by atoms with Gasteiger partial charge in [0.1, 0.15) is 5.60 Å². The fourth-order valence-corrected chi connectivity index (χ4v) is 1.06. The zero-order valence-corrected chi connectivity index (χ0v) is 11.0. The molecule has 0 atom stereocenters. The van der Waals surface area contributed by atoms with Crippen LogP contribution < -0.4 is 10.6 Å². The molecule has 0 aromatic carbocycles. The molecule has 0 saturated heterocycles. The van der Waals surface area contributed by atoms with Gasteiger partial charge in [-0.25, -0.2) is 4.79 Å². The summed E-state index contributed by atoms with van der Waals surface area (Å²) in [5.41, 5.74) is -0.445. The standard InChI is InChI=1S/C12H24N2O3/c1-5-16-10-6-7-13-8-9-14-11(15)17-12(2,3)4/h5,13H,1,6-10H2,2-4H3,(H,14,15). The Morgan fingerprint density at radius 3 is 2.59 bits per heavy atom. The van der Waals surface area contributed by atoms with E-state index in [4.69, 9.17) is 9.47 Å². The van der Waals surface area contributed by atoms with Crippen LogP contribution in [-0.2, 0) is 9.47 Å². The lowest BCUT2D eigenvalue weighted by molar-refractivity contribution is 0.0528. The minimum atomic E-state index is -0.445. The molecule has 100 valence electrons. The van der Waals surface area contributed by atoms with Crippen molar-refractivity contribution >= 4 is 6.09 Å². The van der Waals surface area contributed by atoms with Gasteiger partial charge in [0.2, 0.25) is 0 Å². The van der Waals surface area contributed by atoms with Crippen molar-refractivity contribution in [1.29, 1.82) is 0 Å². The average Bonchev–Trinajstić information content (AvgIpc) is 2.19. The van der Waals surface area contributed by atoms with E-state index in [1.807, 2.05) is 20.8 Å². The van der Waals surface area contributed by atoms with Crippen molar-refractivity contribution in [3.05, 3.63) is 12.8 Å². The summed E-state index contributed by atoms with van der Waals surface area (Å²) in [5, 5.41) is 5.85. The van der Waals surface area contributed by atoms with Crippen LogP contribution in [0.4, 0.5) is 4.79 Å². The van der Waals surface area contributed by atoms with Gasteiger partial charge in [-0.15, -0.1) is 0 Å². The first-order valence-corrected chi connectivity index (χ1v) is 5.86. The SMILES string of the molecule is C=COCCCNCCNC(=O)OC(C)(C)C. The fraction of sp³-hybridized carbons (Fsp3) is 0.750. The highest BCUT2D eigenvalue weighted by atomic mass is 16.6. The van der Waals surface area contributed by atoms with E-state index in [0.717, 1.165) is 13.0 Å². The lowest BCUT2D eigenvalue weighted by Gasteiger charge is -2.19. The molecule has 0 radical (unpaired) electrons. The maximum Gasteiger partial charge on any atom is 0.407 e.